The monoisotopic (exact) mass is 460 g/mol. The van der Waals surface area contributed by atoms with E-state index in [-0.39, 0.29) is 11.7 Å². The second-order valence-corrected chi connectivity index (χ2v) is 11.2. The Kier molecular flexibility index (Phi) is 6.82. The fourth-order valence-electron chi connectivity index (χ4n) is 4.64. The van der Waals surface area contributed by atoms with Gasteiger partial charge in [-0.15, -0.1) is 0 Å². The molecule has 2 aromatic heterocycles. The molecule has 0 radical (unpaired) electrons. The average molecular weight is 461 g/mol. The summed E-state index contributed by atoms with van der Waals surface area (Å²) in [6, 6.07) is 10.0. The fourth-order valence-corrected chi connectivity index (χ4v) is 6.66. The van der Waals surface area contributed by atoms with Crippen LogP contribution in [0.3, 0.4) is 0 Å². The summed E-state index contributed by atoms with van der Waals surface area (Å²) in [6.45, 7) is 0. The van der Waals surface area contributed by atoms with Gasteiger partial charge in [-0.1, -0.05) is 23.7 Å². The summed E-state index contributed by atoms with van der Waals surface area (Å²) >= 11 is 6.01. The highest BCUT2D eigenvalue weighted by Crippen LogP contribution is 2.32. The van der Waals surface area contributed by atoms with Crippen molar-refractivity contribution >= 4 is 38.3 Å². The fraction of sp³-hybridized carbons (Fsp3) is 0.478. The van der Waals surface area contributed by atoms with Crippen LogP contribution in [-0.4, -0.2) is 48.0 Å². The van der Waals surface area contributed by atoms with E-state index in [1.165, 1.54) is 0 Å². The van der Waals surface area contributed by atoms with Gasteiger partial charge in [-0.2, -0.15) is 0 Å². The minimum Gasteiger partial charge on any atom is -0.356 e. The highest BCUT2D eigenvalue weighted by Gasteiger charge is 2.28. The van der Waals surface area contributed by atoms with Gasteiger partial charge < -0.3 is 9.88 Å². The summed E-state index contributed by atoms with van der Waals surface area (Å²) in [5, 5.41) is 1.72. The van der Waals surface area contributed by atoms with Gasteiger partial charge in [0.2, 0.25) is 0 Å². The number of hydrogen-bond acceptors (Lipinski definition) is 5. The molecule has 0 atom stereocenters. The van der Waals surface area contributed by atoms with Crippen LogP contribution in [0.15, 0.2) is 42.9 Å². The Morgan fingerprint density at radius 1 is 1.16 bits per heavy atom. The quantitative estimate of drug-likeness (QED) is 0.529. The van der Waals surface area contributed by atoms with Crippen LogP contribution in [0.25, 0.3) is 11.0 Å². The molecule has 1 fully saturated rings. The third-order valence-electron chi connectivity index (χ3n) is 6.33. The number of sulfone groups is 1. The maximum Gasteiger partial charge on any atom is 0.150 e. The van der Waals surface area contributed by atoms with Crippen LogP contribution in [0.4, 0.5) is 5.82 Å². The molecule has 3 aromatic rings. The molecule has 1 aliphatic rings. The third-order valence-corrected chi connectivity index (χ3v) is 8.46. The van der Waals surface area contributed by atoms with Gasteiger partial charge in [0, 0.05) is 24.3 Å². The molecule has 31 heavy (non-hydrogen) atoms. The zero-order chi connectivity index (χ0) is 21.8. The van der Waals surface area contributed by atoms with Crippen molar-refractivity contribution in [3.8, 4) is 0 Å². The van der Waals surface area contributed by atoms with Crippen LogP contribution in [0.1, 0.15) is 37.7 Å². The normalized spacial score (nSPS) is 19.5. The predicted octanol–water partition coefficient (Wildman–Crippen LogP) is 4.65. The average Bonchev–Trinajstić information content (AvgIpc) is 3.22. The van der Waals surface area contributed by atoms with E-state index in [4.69, 9.17) is 11.6 Å². The standard InChI is InChI=1S/C23H29ClN4O2S/c1-28(23-21-11-12-25-22(21)26-16-27-23)20-9-7-18(8-10-20)15-31(29,30)13-3-5-17-4-2-6-19(24)14-17/h2,4,6,11-12,14,16,18,20H,3,5,7-10,13,15H2,1H3,(H,25,26,27). The van der Waals surface area contributed by atoms with Crippen molar-refractivity contribution in [3.63, 3.8) is 0 Å². The molecule has 0 bridgehead atoms. The number of halogens is 1. The molecular formula is C23H29ClN4O2S. The molecule has 0 aliphatic heterocycles. The van der Waals surface area contributed by atoms with Crippen molar-refractivity contribution in [2.45, 2.75) is 44.6 Å². The van der Waals surface area contributed by atoms with Crippen LogP contribution in [0.2, 0.25) is 5.02 Å². The van der Waals surface area contributed by atoms with Crippen molar-refractivity contribution in [1.82, 2.24) is 15.0 Å². The van der Waals surface area contributed by atoms with E-state index in [0.717, 1.165) is 54.5 Å². The summed E-state index contributed by atoms with van der Waals surface area (Å²) in [6.07, 6.45) is 8.68. The summed E-state index contributed by atoms with van der Waals surface area (Å²) < 4.78 is 25.3. The zero-order valence-corrected chi connectivity index (χ0v) is 19.4. The van der Waals surface area contributed by atoms with E-state index in [1.807, 2.05) is 36.5 Å². The van der Waals surface area contributed by atoms with E-state index in [0.29, 0.717) is 23.2 Å². The number of hydrogen-bond donors (Lipinski definition) is 1. The van der Waals surface area contributed by atoms with Crippen molar-refractivity contribution in [1.29, 1.82) is 0 Å². The summed E-state index contributed by atoms with van der Waals surface area (Å²) in [4.78, 5) is 14.1. The number of anilines is 1. The molecule has 1 aromatic carbocycles. The molecule has 8 heteroatoms. The number of benzene rings is 1. The van der Waals surface area contributed by atoms with Crippen LogP contribution < -0.4 is 4.90 Å². The third kappa shape index (κ3) is 5.57. The van der Waals surface area contributed by atoms with Crippen molar-refractivity contribution in [3.05, 3.63) is 53.4 Å². The minimum atomic E-state index is -3.04. The first-order valence-electron chi connectivity index (χ1n) is 10.9. The van der Waals surface area contributed by atoms with Gasteiger partial charge in [0.25, 0.3) is 0 Å². The molecule has 1 aliphatic carbocycles. The number of rotatable bonds is 8. The Bertz CT molecular complexity index is 1120. The van der Waals surface area contributed by atoms with E-state index >= 15 is 0 Å². The van der Waals surface area contributed by atoms with Gasteiger partial charge in [-0.3, -0.25) is 0 Å². The highest BCUT2D eigenvalue weighted by molar-refractivity contribution is 7.91. The predicted molar refractivity (Wildman–Crippen MR) is 126 cm³/mol. The SMILES string of the molecule is CN(c1ncnc2[nH]ccc12)C1CCC(CS(=O)(=O)CCCc2cccc(Cl)c2)CC1. The van der Waals surface area contributed by atoms with Crippen molar-refractivity contribution < 1.29 is 8.42 Å². The number of aromatic amines is 1. The molecule has 0 amide bonds. The van der Waals surface area contributed by atoms with Gasteiger partial charge in [0.1, 0.15) is 17.8 Å². The molecule has 2 heterocycles. The molecule has 1 N–H and O–H groups in total. The number of H-pyrrole nitrogens is 1. The lowest BCUT2D eigenvalue weighted by Crippen LogP contribution is -2.37. The molecule has 0 saturated heterocycles. The first kappa shape index (κ1) is 22.1. The van der Waals surface area contributed by atoms with Crippen molar-refractivity contribution in [2.24, 2.45) is 5.92 Å². The van der Waals surface area contributed by atoms with Gasteiger partial charge in [-0.25, -0.2) is 18.4 Å². The van der Waals surface area contributed by atoms with E-state index in [1.54, 1.807) is 6.33 Å². The van der Waals surface area contributed by atoms with Gasteiger partial charge in [0.05, 0.1) is 16.9 Å². The summed E-state index contributed by atoms with van der Waals surface area (Å²) in [5.74, 6) is 1.72. The van der Waals surface area contributed by atoms with E-state index in [9.17, 15) is 8.42 Å². The molecule has 4 rings (SSSR count). The number of nitrogens with one attached hydrogen (secondary N) is 1. The van der Waals surface area contributed by atoms with Crippen LogP contribution >= 0.6 is 11.6 Å². The van der Waals surface area contributed by atoms with E-state index in [2.05, 4.69) is 26.9 Å². The second kappa shape index (κ2) is 9.57. The highest BCUT2D eigenvalue weighted by atomic mass is 35.5. The molecule has 0 unspecified atom stereocenters. The molecule has 6 nitrogen and oxygen atoms in total. The van der Waals surface area contributed by atoms with Crippen LogP contribution in [0.5, 0.6) is 0 Å². The second-order valence-electron chi connectivity index (χ2n) is 8.57. The topological polar surface area (TPSA) is 79.0 Å². The number of aromatic nitrogens is 3. The first-order valence-corrected chi connectivity index (χ1v) is 13.1. The molecular weight excluding hydrogens is 432 g/mol. The number of aryl methyl sites for hydroxylation is 1. The summed E-state index contributed by atoms with van der Waals surface area (Å²) in [7, 11) is -0.968. The smallest absolute Gasteiger partial charge is 0.150 e. The zero-order valence-electron chi connectivity index (χ0n) is 17.8. The lowest BCUT2D eigenvalue weighted by molar-refractivity contribution is 0.340. The van der Waals surface area contributed by atoms with Gasteiger partial charge in [0.15, 0.2) is 9.84 Å². The minimum absolute atomic E-state index is 0.242. The number of fused-ring (bicyclic) bond motifs is 1. The van der Waals surface area contributed by atoms with Gasteiger partial charge >= 0.3 is 0 Å². The Hall–Kier alpha value is -2.12. The Morgan fingerprint density at radius 2 is 1.97 bits per heavy atom. The van der Waals surface area contributed by atoms with Crippen molar-refractivity contribution in [2.75, 3.05) is 23.5 Å². The number of nitrogens with zero attached hydrogens (tertiary/aromatic N) is 3. The van der Waals surface area contributed by atoms with Gasteiger partial charge in [-0.05, 0) is 68.2 Å². The maximum absolute atomic E-state index is 12.7. The Morgan fingerprint density at radius 3 is 2.74 bits per heavy atom. The lowest BCUT2D eigenvalue weighted by Gasteiger charge is -2.35. The molecule has 0 spiro atoms. The largest absolute Gasteiger partial charge is 0.356 e. The Balaban J connectivity index is 1.27. The van der Waals surface area contributed by atoms with Crippen LogP contribution in [0, 0.1) is 5.92 Å². The molecule has 1 saturated carbocycles. The lowest BCUT2D eigenvalue weighted by atomic mass is 9.86. The van der Waals surface area contributed by atoms with E-state index < -0.39 is 9.84 Å². The van der Waals surface area contributed by atoms with Crippen LogP contribution in [-0.2, 0) is 16.3 Å². The Labute approximate surface area is 189 Å². The maximum atomic E-state index is 12.7. The summed E-state index contributed by atoms with van der Waals surface area (Å²) in [5.41, 5.74) is 1.93. The first-order chi connectivity index (χ1) is 14.9. The molecule has 166 valence electrons.